The molecule has 0 spiro atoms. The molecule has 3 aromatic carbocycles. The van der Waals surface area contributed by atoms with E-state index in [1.54, 1.807) is 0 Å². The van der Waals surface area contributed by atoms with Crippen molar-refractivity contribution in [2.75, 3.05) is 12.4 Å². The number of thiazole rings is 1. The zero-order valence-electron chi connectivity index (χ0n) is 16.6. The number of methoxy groups -OCH3 is 1. The van der Waals surface area contributed by atoms with E-state index in [1.807, 2.05) is 60.0 Å². The van der Waals surface area contributed by atoms with Gasteiger partial charge in [-0.3, -0.25) is 4.79 Å². The number of hydrogen-bond donors (Lipinski definition) is 1. The molecule has 30 heavy (non-hydrogen) atoms. The molecule has 150 valence electrons. The van der Waals surface area contributed by atoms with Gasteiger partial charge in [-0.05, 0) is 16.7 Å². The van der Waals surface area contributed by atoms with Crippen molar-refractivity contribution in [1.29, 1.82) is 0 Å². The first kappa shape index (κ1) is 19.9. The van der Waals surface area contributed by atoms with Crippen molar-refractivity contribution in [3.8, 4) is 0 Å². The maximum Gasteiger partial charge on any atom is 0.311 e. The average molecular weight is 415 g/mol. The molecule has 0 aliphatic carbocycles. The van der Waals surface area contributed by atoms with Gasteiger partial charge in [0.25, 0.3) is 0 Å². The van der Waals surface area contributed by atoms with Gasteiger partial charge in [0.2, 0.25) is 0 Å². The van der Waals surface area contributed by atoms with Crippen molar-refractivity contribution < 1.29 is 9.53 Å². The molecular formula is C25H22N2O2S. The van der Waals surface area contributed by atoms with Crippen LogP contribution >= 0.6 is 11.3 Å². The Bertz CT molecular complexity index is 999. The molecule has 1 N–H and O–H groups in total. The molecule has 0 aliphatic rings. The Morgan fingerprint density at radius 2 is 1.33 bits per heavy atom. The zero-order chi connectivity index (χ0) is 20.8. The van der Waals surface area contributed by atoms with E-state index in [1.165, 1.54) is 18.4 Å². The molecule has 0 unspecified atom stereocenters. The summed E-state index contributed by atoms with van der Waals surface area (Å²) in [7, 11) is 1.39. The smallest absolute Gasteiger partial charge is 0.311 e. The molecule has 0 atom stereocenters. The molecule has 0 saturated heterocycles. The fraction of sp³-hybridized carbons (Fsp3) is 0.120. The highest BCUT2D eigenvalue weighted by Crippen LogP contribution is 2.40. The van der Waals surface area contributed by atoms with Crippen molar-refractivity contribution in [3.05, 3.63) is 119 Å². The number of rotatable bonds is 7. The van der Waals surface area contributed by atoms with Gasteiger partial charge in [0, 0.05) is 5.38 Å². The molecule has 5 heteroatoms. The Kier molecular flexibility index (Phi) is 5.91. The summed E-state index contributed by atoms with van der Waals surface area (Å²) in [5.74, 6) is -0.299. The normalized spacial score (nSPS) is 11.1. The van der Waals surface area contributed by atoms with Crippen LogP contribution in [0.2, 0.25) is 0 Å². The molecule has 0 aliphatic heterocycles. The predicted octanol–water partition coefficient (Wildman–Crippen LogP) is 5.26. The van der Waals surface area contributed by atoms with E-state index in [0.29, 0.717) is 5.69 Å². The van der Waals surface area contributed by atoms with E-state index in [0.717, 1.165) is 21.8 Å². The largest absolute Gasteiger partial charge is 0.469 e. The van der Waals surface area contributed by atoms with Crippen molar-refractivity contribution in [1.82, 2.24) is 4.98 Å². The van der Waals surface area contributed by atoms with Crippen LogP contribution in [0.3, 0.4) is 0 Å². The summed E-state index contributed by atoms with van der Waals surface area (Å²) in [4.78, 5) is 16.3. The highest BCUT2D eigenvalue weighted by atomic mass is 32.1. The third kappa shape index (κ3) is 3.98. The van der Waals surface area contributed by atoms with E-state index >= 15 is 0 Å². The number of aromatic nitrogens is 1. The van der Waals surface area contributed by atoms with Crippen LogP contribution < -0.4 is 5.32 Å². The number of carbonyl (C=O) groups is 1. The molecule has 0 amide bonds. The van der Waals surface area contributed by atoms with Crippen LogP contribution in [0.25, 0.3) is 0 Å². The maximum atomic E-state index is 11.7. The Morgan fingerprint density at radius 3 is 1.77 bits per heavy atom. The molecule has 0 bridgehead atoms. The second kappa shape index (κ2) is 8.93. The molecule has 0 saturated carbocycles. The highest BCUT2D eigenvalue weighted by molar-refractivity contribution is 7.13. The van der Waals surface area contributed by atoms with Gasteiger partial charge in [0.1, 0.15) is 5.54 Å². The quantitative estimate of drug-likeness (QED) is 0.331. The average Bonchev–Trinajstić information content (AvgIpc) is 3.25. The molecular weight excluding hydrogens is 392 g/mol. The van der Waals surface area contributed by atoms with E-state index < -0.39 is 5.54 Å². The number of nitrogens with one attached hydrogen (secondary N) is 1. The van der Waals surface area contributed by atoms with Crippen molar-refractivity contribution in [2.24, 2.45) is 0 Å². The number of esters is 1. The van der Waals surface area contributed by atoms with E-state index in [9.17, 15) is 4.79 Å². The first-order chi connectivity index (χ1) is 14.7. The summed E-state index contributed by atoms with van der Waals surface area (Å²) >= 11 is 1.48. The summed E-state index contributed by atoms with van der Waals surface area (Å²) in [5, 5.41) is 6.34. The molecule has 4 aromatic rings. The Balaban J connectivity index is 1.86. The van der Waals surface area contributed by atoms with E-state index in [4.69, 9.17) is 4.74 Å². The lowest BCUT2D eigenvalue weighted by Crippen LogP contribution is -2.38. The third-order valence-electron chi connectivity index (χ3n) is 5.02. The lowest BCUT2D eigenvalue weighted by molar-refractivity contribution is -0.139. The minimum Gasteiger partial charge on any atom is -0.469 e. The van der Waals surface area contributed by atoms with Crippen LogP contribution in [0.15, 0.2) is 96.4 Å². The Labute approximate surface area is 180 Å². The summed E-state index contributed by atoms with van der Waals surface area (Å²) in [6.07, 6.45) is 0.156. The molecule has 0 radical (unpaired) electrons. The van der Waals surface area contributed by atoms with Crippen LogP contribution in [0.4, 0.5) is 5.13 Å². The maximum absolute atomic E-state index is 11.7. The van der Waals surface area contributed by atoms with Crippen molar-refractivity contribution in [2.45, 2.75) is 12.0 Å². The standard InChI is InChI=1S/C25H22N2O2S/c1-29-23(28)17-22-18-30-24(26-22)27-25(19-11-5-2-6-12-19,20-13-7-3-8-14-20)21-15-9-4-10-16-21/h2-16,18H,17H2,1H3,(H,26,27). The molecule has 1 heterocycles. The van der Waals surface area contributed by atoms with Crippen molar-refractivity contribution in [3.63, 3.8) is 0 Å². The van der Waals surface area contributed by atoms with E-state index in [-0.39, 0.29) is 12.4 Å². The van der Waals surface area contributed by atoms with Gasteiger partial charge in [0.05, 0.1) is 19.2 Å². The lowest BCUT2D eigenvalue weighted by Gasteiger charge is -2.36. The molecule has 1 aromatic heterocycles. The van der Waals surface area contributed by atoms with Crippen LogP contribution in [0, 0.1) is 0 Å². The highest BCUT2D eigenvalue weighted by Gasteiger charge is 2.37. The first-order valence-electron chi connectivity index (χ1n) is 9.68. The molecule has 4 nitrogen and oxygen atoms in total. The second-order valence-electron chi connectivity index (χ2n) is 6.87. The fourth-order valence-electron chi connectivity index (χ4n) is 3.61. The SMILES string of the molecule is COC(=O)Cc1csc(NC(c2ccccc2)(c2ccccc2)c2ccccc2)n1. The minimum absolute atomic E-state index is 0.156. The summed E-state index contributed by atoms with van der Waals surface area (Å²) < 4.78 is 4.78. The number of anilines is 1. The lowest BCUT2D eigenvalue weighted by atomic mass is 9.77. The van der Waals surface area contributed by atoms with Crippen LogP contribution in [-0.4, -0.2) is 18.1 Å². The van der Waals surface area contributed by atoms with Crippen LogP contribution in [0.1, 0.15) is 22.4 Å². The molecule has 4 rings (SSSR count). The summed E-state index contributed by atoms with van der Waals surface area (Å²) in [6, 6.07) is 31.0. The number of nitrogens with zero attached hydrogens (tertiary/aromatic N) is 1. The van der Waals surface area contributed by atoms with Gasteiger partial charge in [-0.15, -0.1) is 11.3 Å². The van der Waals surface area contributed by atoms with E-state index in [2.05, 4.69) is 46.7 Å². The number of benzene rings is 3. The van der Waals surface area contributed by atoms with Crippen LogP contribution in [0.5, 0.6) is 0 Å². The summed E-state index contributed by atoms with van der Waals surface area (Å²) in [6.45, 7) is 0. The first-order valence-corrected chi connectivity index (χ1v) is 10.6. The summed E-state index contributed by atoms with van der Waals surface area (Å²) in [5.41, 5.74) is 3.37. The second-order valence-corrected chi connectivity index (χ2v) is 7.73. The van der Waals surface area contributed by atoms with Gasteiger partial charge in [0.15, 0.2) is 5.13 Å². The third-order valence-corrected chi connectivity index (χ3v) is 5.83. The van der Waals surface area contributed by atoms with Gasteiger partial charge in [-0.2, -0.15) is 0 Å². The number of carbonyl (C=O) groups excluding carboxylic acids is 1. The van der Waals surface area contributed by atoms with Gasteiger partial charge in [-0.25, -0.2) is 4.98 Å². The zero-order valence-corrected chi connectivity index (χ0v) is 17.4. The fourth-order valence-corrected chi connectivity index (χ4v) is 4.37. The number of hydrogen-bond acceptors (Lipinski definition) is 5. The van der Waals surface area contributed by atoms with Gasteiger partial charge in [-0.1, -0.05) is 91.0 Å². The Hall–Kier alpha value is -3.44. The monoisotopic (exact) mass is 414 g/mol. The van der Waals surface area contributed by atoms with Crippen molar-refractivity contribution >= 4 is 22.4 Å². The topological polar surface area (TPSA) is 51.2 Å². The van der Waals surface area contributed by atoms with Crippen LogP contribution in [-0.2, 0) is 21.5 Å². The number of ether oxygens (including phenoxy) is 1. The molecule has 0 fully saturated rings. The minimum atomic E-state index is -0.635. The predicted molar refractivity (Wildman–Crippen MR) is 121 cm³/mol. The van der Waals surface area contributed by atoms with Gasteiger partial charge >= 0.3 is 5.97 Å². The Morgan fingerprint density at radius 1 is 0.867 bits per heavy atom. The van der Waals surface area contributed by atoms with Gasteiger partial charge < -0.3 is 10.1 Å².